The van der Waals surface area contributed by atoms with E-state index in [0.717, 1.165) is 16.2 Å². The Hall–Kier alpha value is -1.81. The first kappa shape index (κ1) is 12.6. The van der Waals surface area contributed by atoms with Crippen molar-refractivity contribution in [3.05, 3.63) is 58.6 Å². The molecule has 4 heteroatoms. The quantitative estimate of drug-likeness (QED) is 0.776. The molecule has 3 nitrogen and oxygen atoms in total. The second-order valence-corrected chi connectivity index (χ2v) is 4.59. The Kier molecular flexibility index (Phi) is 4.36. The fourth-order valence-electron chi connectivity index (χ4n) is 1.41. The lowest BCUT2D eigenvalue weighted by Gasteiger charge is -2.05. The normalized spacial score (nSPS) is 10.1. The van der Waals surface area contributed by atoms with Gasteiger partial charge < -0.3 is 9.47 Å². The molecule has 1 heterocycles. The van der Waals surface area contributed by atoms with Crippen molar-refractivity contribution in [3.8, 4) is 5.75 Å². The SMILES string of the molecule is COc1ccc(COC(=O)[CH]c2cccs2)cc1. The molecular formula is C14H13O3S. The first-order chi connectivity index (χ1) is 8.78. The van der Waals surface area contributed by atoms with Crippen LogP contribution in [0.25, 0.3) is 0 Å². The summed E-state index contributed by atoms with van der Waals surface area (Å²) in [4.78, 5) is 12.4. The highest BCUT2D eigenvalue weighted by Gasteiger charge is 2.06. The van der Waals surface area contributed by atoms with Gasteiger partial charge in [0, 0.05) is 4.88 Å². The fraction of sp³-hybridized carbons (Fsp3) is 0.143. The minimum absolute atomic E-state index is 0.269. The maximum absolute atomic E-state index is 11.5. The van der Waals surface area contributed by atoms with Gasteiger partial charge in [0.25, 0.3) is 0 Å². The number of hydrogen-bond acceptors (Lipinski definition) is 4. The molecule has 0 fully saturated rings. The Balaban J connectivity index is 1.81. The zero-order chi connectivity index (χ0) is 12.8. The van der Waals surface area contributed by atoms with E-state index < -0.39 is 0 Å². The van der Waals surface area contributed by atoms with Gasteiger partial charge >= 0.3 is 5.97 Å². The molecule has 0 saturated carbocycles. The molecule has 2 aromatic rings. The fourth-order valence-corrected chi connectivity index (χ4v) is 2.04. The van der Waals surface area contributed by atoms with Crippen molar-refractivity contribution in [3.63, 3.8) is 0 Å². The number of carbonyl (C=O) groups is 1. The Labute approximate surface area is 110 Å². The zero-order valence-electron chi connectivity index (χ0n) is 9.96. The first-order valence-corrected chi connectivity index (χ1v) is 6.34. The summed E-state index contributed by atoms with van der Waals surface area (Å²) in [5.41, 5.74) is 0.934. The number of ether oxygens (including phenoxy) is 2. The summed E-state index contributed by atoms with van der Waals surface area (Å²) in [6, 6.07) is 11.2. The van der Waals surface area contributed by atoms with Crippen LogP contribution in [0.1, 0.15) is 10.4 Å². The summed E-state index contributed by atoms with van der Waals surface area (Å²) in [7, 11) is 1.62. The molecule has 93 valence electrons. The van der Waals surface area contributed by atoms with Crippen LogP contribution >= 0.6 is 11.3 Å². The van der Waals surface area contributed by atoms with Crippen LogP contribution in [0.3, 0.4) is 0 Å². The first-order valence-electron chi connectivity index (χ1n) is 5.46. The highest BCUT2D eigenvalue weighted by molar-refractivity contribution is 7.10. The second-order valence-electron chi connectivity index (χ2n) is 3.62. The zero-order valence-corrected chi connectivity index (χ0v) is 10.8. The van der Waals surface area contributed by atoms with E-state index in [2.05, 4.69) is 0 Å². The molecule has 0 spiro atoms. The molecule has 0 bridgehead atoms. The third-order valence-electron chi connectivity index (χ3n) is 2.34. The molecule has 1 radical (unpaired) electrons. The lowest BCUT2D eigenvalue weighted by atomic mass is 10.2. The van der Waals surface area contributed by atoms with Crippen molar-refractivity contribution >= 4 is 17.3 Å². The summed E-state index contributed by atoms with van der Waals surface area (Å²) < 4.78 is 10.2. The monoisotopic (exact) mass is 261 g/mol. The number of thiophene rings is 1. The molecule has 0 unspecified atom stereocenters. The van der Waals surface area contributed by atoms with E-state index in [1.807, 2.05) is 41.8 Å². The number of esters is 1. The van der Waals surface area contributed by atoms with Crippen LogP contribution < -0.4 is 4.74 Å². The molecular weight excluding hydrogens is 248 g/mol. The Morgan fingerprint density at radius 2 is 2.06 bits per heavy atom. The van der Waals surface area contributed by atoms with Crippen LogP contribution in [-0.2, 0) is 16.1 Å². The van der Waals surface area contributed by atoms with E-state index in [9.17, 15) is 4.79 Å². The van der Waals surface area contributed by atoms with E-state index >= 15 is 0 Å². The van der Waals surface area contributed by atoms with Gasteiger partial charge in [0.2, 0.25) is 0 Å². The standard InChI is InChI=1S/C14H13O3S/c1-16-12-6-4-11(5-7-12)10-17-14(15)9-13-3-2-8-18-13/h2-9H,10H2,1H3. The summed E-state index contributed by atoms with van der Waals surface area (Å²) in [6.45, 7) is 0.269. The maximum Gasteiger partial charge on any atom is 0.315 e. The molecule has 0 aliphatic rings. The maximum atomic E-state index is 11.5. The molecule has 0 saturated heterocycles. The number of benzene rings is 1. The van der Waals surface area contributed by atoms with Crippen molar-refractivity contribution in [2.75, 3.05) is 7.11 Å². The molecule has 0 amide bonds. The number of carbonyl (C=O) groups excluding carboxylic acids is 1. The Morgan fingerprint density at radius 3 is 2.67 bits per heavy atom. The Morgan fingerprint density at radius 1 is 1.28 bits per heavy atom. The van der Waals surface area contributed by atoms with Gasteiger partial charge in [-0.1, -0.05) is 18.2 Å². The topological polar surface area (TPSA) is 35.5 Å². The van der Waals surface area contributed by atoms with Crippen LogP contribution in [0.15, 0.2) is 41.8 Å². The predicted octanol–water partition coefficient (Wildman–Crippen LogP) is 3.05. The van der Waals surface area contributed by atoms with E-state index in [1.54, 1.807) is 7.11 Å². The van der Waals surface area contributed by atoms with E-state index in [0.29, 0.717) is 0 Å². The second kappa shape index (κ2) is 6.21. The van der Waals surface area contributed by atoms with Gasteiger partial charge in [0.15, 0.2) is 0 Å². The summed E-state index contributed by atoms with van der Waals surface area (Å²) >= 11 is 1.50. The van der Waals surface area contributed by atoms with Gasteiger partial charge in [-0.2, -0.15) is 0 Å². The van der Waals surface area contributed by atoms with Crippen LogP contribution in [-0.4, -0.2) is 13.1 Å². The van der Waals surface area contributed by atoms with Gasteiger partial charge in [-0.25, -0.2) is 0 Å². The molecule has 2 rings (SSSR count). The van der Waals surface area contributed by atoms with Gasteiger partial charge in [-0.15, -0.1) is 11.3 Å². The van der Waals surface area contributed by atoms with Gasteiger partial charge in [0.05, 0.1) is 7.11 Å². The third-order valence-corrected chi connectivity index (χ3v) is 3.16. The highest BCUT2D eigenvalue weighted by atomic mass is 32.1. The highest BCUT2D eigenvalue weighted by Crippen LogP contribution is 2.14. The van der Waals surface area contributed by atoms with Gasteiger partial charge in [-0.3, -0.25) is 4.79 Å². The van der Waals surface area contributed by atoms with Crippen molar-refractivity contribution in [1.82, 2.24) is 0 Å². The molecule has 18 heavy (non-hydrogen) atoms. The van der Waals surface area contributed by atoms with E-state index in [-0.39, 0.29) is 12.6 Å². The lowest BCUT2D eigenvalue weighted by Crippen LogP contribution is -2.04. The van der Waals surface area contributed by atoms with E-state index in [4.69, 9.17) is 9.47 Å². The van der Waals surface area contributed by atoms with Crippen LogP contribution in [0.5, 0.6) is 5.75 Å². The summed E-state index contributed by atoms with van der Waals surface area (Å²) in [5.74, 6) is 0.462. The molecule has 0 aliphatic heterocycles. The summed E-state index contributed by atoms with van der Waals surface area (Å²) in [5, 5.41) is 1.92. The molecule has 0 N–H and O–H groups in total. The third kappa shape index (κ3) is 3.60. The number of hydrogen-bond donors (Lipinski definition) is 0. The largest absolute Gasteiger partial charge is 0.497 e. The van der Waals surface area contributed by atoms with Crippen molar-refractivity contribution in [2.45, 2.75) is 6.61 Å². The lowest BCUT2D eigenvalue weighted by molar-refractivity contribution is -0.140. The molecule has 0 atom stereocenters. The summed E-state index contributed by atoms with van der Waals surface area (Å²) in [6.07, 6.45) is 1.49. The van der Waals surface area contributed by atoms with Crippen molar-refractivity contribution < 1.29 is 14.3 Å². The smallest absolute Gasteiger partial charge is 0.315 e. The van der Waals surface area contributed by atoms with E-state index in [1.165, 1.54) is 17.8 Å². The van der Waals surface area contributed by atoms with Crippen molar-refractivity contribution in [2.24, 2.45) is 0 Å². The minimum Gasteiger partial charge on any atom is -0.497 e. The Bertz CT molecular complexity index is 488. The molecule has 1 aromatic heterocycles. The number of methoxy groups -OCH3 is 1. The number of rotatable bonds is 5. The molecule has 1 aromatic carbocycles. The van der Waals surface area contributed by atoms with Gasteiger partial charge in [-0.05, 0) is 29.1 Å². The van der Waals surface area contributed by atoms with Gasteiger partial charge in [0.1, 0.15) is 18.8 Å². The average Bonchev–Trinajstić information content (AvgIpc) is 2.90. The minimum atomic E-state index is -0.326. The van der Waals surface area contributed by atoms with Crippen LogP contribution in [0.2, 0.25) is 0 Å². The molecule has 0 aliphatic carbocycles. The van der Waals surface area contributed by atoms with Crippen LogP contribution in [0.4, 0.5) is 0 Å². The predicted molar refractivity (Wildman–Crippen MR) is 70.5 cm³/mol. The average molecular weight is 261 g/mol. The van der Waals surface area contributed by atoms with Crippen molar-refractivity contribution in [1.29, 1.82) is 0 Å². The van der Waals surface area contributed by atoms with Crippen LogP contribution in [0, 0.1) is 6.42 Å².